The van der Waals surface area contributed by atoms with Gasteiger partial charge in [-0.15, -0.1) is 0 Å². The molecule has 0 saturated carbocycles. The summed E-state index contributed by atoms with van der Waals surface area (Å²) in [5.74, 6) is 0.946. The number of imidazole rings is 1. The molecular formula is C18H20N4O. The number of nitrogens with one attached hydrogen (secondary N) is 2. The lowest BCUT2D eigenvalue weighted by Gasteiger charge is -2.37. The monoisotopic (exact) mass is 308 g/mol. The van der Waals surface area contributed by atoms with Gasteiger partial charge in [0.2, 0.25) is 0 Å². The van der Waals surface area contributed by atoms with Gasteiger partial charge in [0.15, 0.2) is 0 Å². The van der Waals surface area contributed by atoms with Crippen molar-refractivity contribution in [2.45, 2.75) is 18.8 Å². The molecule has 0 bridgehead atoms. The number of para-hydroxylation sites is 2. The number of rotatable bonds is 3. The van der Waals surface area contributed by atoms with Gasteiger partial charge < -0.3 is 10.1 Å². The lowest BCUT2D eigenvalue weighted by atomic mass is 10.1. The molecule has 2 heterocycles. The highest BCUT2D eigenvalue weighted by molar-refractivity contribution is 5.74. The molecule has 3 N–H and O–H groups in total. The van der Waals surface area contributed by atoms with E-state index in [2.05, 4.69) is 27.3 Å². The second-order valence-electron chi connectivity index (χ2n) is 5.99. The quantitative estimate of drug-likeness (QED) is 0.693. The standard InChI is InChI=1S/C18H20N4O/c23-17-12-22(11-13-6-2-1-3-7-13)16(10-19-17)18-20-14-8-4-5-9-15(14)21-18/h1-9,16-17,19,23H,10-12H2,(H,20,21). The molecule has 4 rings (SSSR count). The number of nitrogens with zero attached hydrogens (tertiary/aromatic N) is 2. The van der Waals surface area contributed by atoms with Crippen LogP contribution >= 0.6 is 0 Å². The van der Waals surface area contributed by atoms with Crippen LogP contribution in [0.25, 0.3) is 11.0 Å². The first kappa shape index (κ1) is 14.4. The van der Waals surface area contributed by atoms with E-state index >= 15 is 0 Å². The molecule has 0 spiro atoms. The van der Waals surface area contributed by atoms with Crippen molar-refractivity contribution in [2.75, 3.05) is 13.1 Å². The van der Waals surface area contributed by atoms with E-state index in [0.29, 0.717) is 13.1 Å². The number of benzene rings is 2. The molecule has 118 valence electrons. The number of aliphatic hydroxyl groups excluding tert-OH is 1. The third-order valence-corrected chi connectivity index (χ3v) is 4.35. The maximum absolute atomic E-state index is 9.98. The van der Waals surface area contributed by atoms with Crippen molar-refractivity contribution in [3.05, 3.63) is 66.0 Å². The van der Waals surface area contributed by atoms with Crippen LogP contribution in [0.5, 0.6) is 0 Å². The van der Waals surface area contributed by atoms with Crippen molar-refractivity contribution >= 4 is 11.0 Å². The van der Waals surface area contributed by atoms with Crippen LogP contribution in [0.1, 0.15) is 17.4 Å². The maximum Gasteiger partial charge on any atom is 0.126 e. The Labute approximate surface area is 135 Å². The first-order valence-electron chi connectivity index (χ1n) is 7.94. The summed E-state index contributed by atoms with van der Waals surface area (Å²) in [6.07, 6.45) is -0.501. The van der Waals surface area contributed by atoms with Crippen LogP contribution in [-0.2, 0) is 6.54 Å². The molecule has 2 aromatic carbocycles. The zero-order valence-corrected chi connectivity index (χ0v) is 12.8. The van der Waals surface area contributed by atoms with Crippen molar-refractivity contribution in [3.63, 3.8) is 0 Å². The fourth-order valence-electron chi connectivity index (χ4n) is 3.18. The Morgan fingerprint density at radius 1 is 1.09 bits per heavy atom. The molecule has 0 radical (unpaired) electrons. The summed E-state index contributed by atoms with van der Waals surface area (Å²) in [7, 11) is 0. The van der Waals surface area contributed by atoms with Crippen LogP contribution < -0.4 is 5.32 Å². The molecule has 1 saturated heterocycles. The number of H-pyrrole nitrogens is 1. The molecule has 1 fully saturated rings. The fraction of sp³-hybridized carbons (Fsp3) is 0.278. The third-order valence-electron chi connectivity index (χ3n) is 4.35. The van der Waals surface area contributed by atoms with Crippen molar-refractivity contribution in [1.82, 2.24) is 20.2 Å². The smallest absolute Gasteiger partial charge is 0.126 e. The number of aromatic amines is 1. The molecule has 1 aromatic heterocycles. The Hall–Kier alpha value is -2.21. The van der Waals surface area contributed by atoms with E-state index in [9.17, 15) is 5.11 Å². The predicted octanol–water partition coefficient (Wildman–Crippen LogP) is 2.03. The molecule has 23 heavy (non-hydrogen) atoms. The average Bonchev–Trinajstić information content (AvgIpc) is 2.99. The van der Waals surface area contributed by atoms with Crippen LogP contribution in [0.3, 0.4) is 0 Å². The molecule has 0 aliphatic carbocycles. The number of piperazine rings is 1. The van der Waals surface area contributed by atoms with Crippen molar-refractivity contribution in [1.29, 1.82) is 0 Å². The molecule has 1 aliphatic heterocycles. The van der Waals surface area contributed by atoms with E-state index in [4.69, 9.17) is 4.98 Å². The first-order chi connectivity index (χ1) is 11.3. The van der Waals surface area contributed by atoms with Gasteiger partial charge in [0.25, 0.3) is 0 Å². The van der Waals surface area contributed by atoms with Gasteiger partial charge in [-0.05, 0) is 17.7 Å². The summed E-state index contributed by atoms with van der Waals surface area (Å²) in [5, 5.41) is 13.1. The first-order valence-corrected chi connectivity index (χ1v) is 7.94. The van der Waals surface area contributed by atoms with Gasteiger partial charge in [-0.2, -0.15) is 0 Å². The number of β-amino-alcohol motifs (C(OH)–C–C–N with tert-alkyl or cyclic N) is 1. The minimum Gasteiger partial charge on any atom is -0.377 e. The zero-order valence-electron chi connectivity index (χ0n) is 12.8. The summed E-state index contributed by atoms with van der Waals surface area (Å²) < 4.78 is 0. The summed E-state index contributed by atoms with van der Waals surface area (Å²) in [6.45, 7) is 2.05. The van der Waals surface area contributed by atoms with Gasteiger partial charge >= 0.3 is 0 Å². The van der Waals surface area contributed by atoms with Gasteiger partial charge in [-0.1, -0.05) is 42.5 Å². The van der Waals surface area contributed by atoms with Gasteiger partial charge in [0.05, 0.1) is 17.1 Å². The number of aromatic nitrogens is 2. The number of aliphatic hydroxyl groups is 1. The Bertz CT molecular complexity index is 753. The Kier molecular flexibility index (Phi) is 3.83. The molecule has 5 nitrogen and oxygen atoms in total. The van der Waals surface area contributed by atoms with E-state index in [1.165, 1.54) is 5.56 Å². The molecule has 5 heteroatoms. The van der Waals surface area contributed by atoms with Crippen LogP contribution in [0, 0.1) is 0 Å². The summed E-state index contributed by atoms with van der Waals surface area (Å²) >= 11 is 0. The van der Waals surface area contributed by atoms with E-state index in [1.807, 2.05) is 42.5 Å². The van der Waals surface area contributed by atoms with Crippen LogP contribution in [0.4, 0.5) is 0 Å². The predicted molar refractivity (Wildman–Crippen MR) is 89.7 cm³/mol. The molecule has 0 amide bonds. The van der Waals surface area contributed by atoms with Crippen LogP contribution in [0.15, 0.2) is 54.6 Å². The third kappa shape index (κ3) is 2.99. The van der Waals surface area contributed by atoms with E-state index in [0.717, 1.165) is 23.4 Å². The number of fused-ring (bicyclic) bond motifs is 1. The highest BCUT2D eigenvalue weighted by atomic mass is 16.3. The average molecular weight is 308 g/mol. The number of hydrogen-bond donors (Lipinski definition) is 3. The topological polar surface area (TPSA) is 64.2 Å². The van der Waals surface area contributed by atoms with Gasteiger partial charge in [-0.3, -0.25) is 10.2 Å². The van der Waals surface area contributed by atoms with Crippen molar-refractivity contribution < 1.29 is 5.11 Å². The highest BCUT2D eigenvalue weighted by Crippen LogP contribution is 2.25. The Morgan fingerprint density at radius 3 is 2.70 bits per heavy atom. The Balaban J connectivity index is 1.63. The summed E-state index contributed by atoms with van der Waals surface area (Å²) in [4.78, 5) is 10.4. The highest BCUT2D eigenvalue weighted by Gasteiger charge is 2.30. The Morgan fingerprint density at radius 2 is 1.87 bits per heavy atom. The summed E-state index contributed by atoms with van der Waals surface area (Å²) in [6, 6.07) is 18.5. The van der Waals surface area contributed by atoms with Crippen molar-refractivity contribution in [3.8, 4) is 0 Å². The van der Waals surface area contributed by atoms with Gasteiger partial charge in [-0.25, -0.2) is 4.98 Å². The van der Waals surface area contributed by atoms with Gasteiger partial charge in [0.1, 0.15) is 12.1 Å². The van der Waals surface area contributed by atoms with Crippen LogP contribution in [0.2, 0.25) is 0 Å². The zero-order chi connectivity index (χ0) is 15.6. The van der Waals surface area contributed by atoms with E-state index in [-0.39, 0.29) is 6.04 Å². The van der Waals surface area contributed by atoms with E-state index < -0.39 is 6.23 Å². The lowest BCUT2D eigenvalue weighted by Crippen LogP contribution is -2.52. The second kappa shape index (κ2) is 6.12. The lowest BCUT2D eigenvalue weighted by molar-refractivity contribution is 0.0158. The second-order valence-corrected chi connectivity index (χ2v) is 5.99. The molecule has 2 atom stereocenters. The molecule has 3 aromatic rings. The summed E-state index contributed by atoms with van der Waals surface area (Å²) in [5.41, 5.74) is 3.27. The van der Waals surface area contributed by atoms with E-state index in [1.54, 1.807) is 0 Å². The van der Waals surface area contributed by atoms with Crippen LogP contribution in [-0.4, -0.2) is 39.3 Å². The maximum atomic E-state index is 9.98. The minimum absolute atomic E-state index is 0.117. The van der Waals surface area contributed by atoms with Gasteiger partial charge in [0, 0.05) is 19.6 Å². The van der Waals surface area contributed by atoms with Crippen molar-refractivity contribution in [2.24, 2.45) is 0 Å². The minimum atomic E-state index is -0.501. The number of hydrogen-bond acceptors (Lipinski definition) is 4. The largest absolute Gasteiger partial charge is 0.377 e. The SMILES string of the molecule is OC1CN(Cc2ccccc2)C(c2nc3ccccc3[nH]2)CN1. The molecule has 1 aliphatic rings. The normalized spacial score (nSPS) is 22.5. The molecular weight excluding hydrogens is 288 g/mol. The fourth-order valence-corrected chi connectivity index (χ4v) is 3.18. The molecule has 2 unspecified atom stereocenters.